The van der Waals surface area contributed by atoms with Crippen LogP contribution in [-0.4, -0.2) is 52.1 Å². The molecule has 0 amide bonds. The number of anilines is 3. The predicted octanol–water partition coefficient (Wildman–Crippen LogP) is 6.53. The number of halogens is 1. The van der Waals surface area contributed by atoms with E-state index in [2.05, 4.69) is 30.4 Å². The van der Waals surface area contributed by atoms with Gasteiger partial charge in [-0.2, -0.15) is 4.99 Å². The average Bonchev–Trinajstić information content (AvgIpc) is 2.94. The summed E-state index contributed by atoms with van der Waals surface area (Å²) in [6.45, 7) is 7.01. The van der Waals surface area contributed by atoms with Gasteiger partial charge in [0.15, 0.2) is 0 Å². The SMILES string of the molecule is Cc1cc(C)nc(N/C(=N/C(=S)Nc2ccc(Oc3ccccc3)cc2)N2CCN(c3ccc(Cl)cc3)CC2)n1. The minimum absolute atomic E-state index is 0.323. The van der Waals surface area contributed by atoms with Crippen LogP contribution in [0.5, 0.6) is 11.5 Å². The number of nitrogens with zero attached hydrogens (tertiary/aromatic N) is 5. The predicted molar refractivity (Wildman–Crippen MR) is 167 cm³/mol. The molecule has 2 heterocycles. The van der Waals surface area contributed by atoms with E-state index in [-0.39, 0.29) is 0 Å². The van der Waals surface area contributed by atoms with Crippen LogP contribution in [0, 0.1) is 13.8 Å². The van der Waals surface area contributed by atoms with Crippen molar-refractivity contribution in [2.75, 3.05) is 41.7 Å². The van der Waals surface area contributed by atoms with E-state index < -0.39 is 0 Å². The lowest BCUT2D eigenvalue weighted by Crippen LogP contribution is -2.51. The first-order chi connectivity index (χ1) is 19.4. The zero-order chi connectivity index (χ0) is 27.9. The maximum absolute atomic E-state index is 6.07. The molecular weight excluding hydrogens is 542 g/mol. The Morgan fingerprint density at radius 2 is 1.45 bits per heavy atom. The summed E-state index contributed by atoms with van der Waals surface area (Å²) in [6.07, 6.45) is 0. The van der Waals surface area contributed by atoms with Gasteiger partial charge in [0, 0.05) is 54.0 Å². The number of hydrogen-bond donors (Lipinski definition) is 2. The molecule has 40 heavy (non-hydrogen) atoms. The van der Waals surface area contributed by atoms with Crippen LogP contribution < -0.4 is 20.3 Å². The van der Waals surface area contributed by atoms with Gasteiger partial charge < -0.3 is 19.9 Å². The summed E-state index contributed by atoms with van der Waals surface area (Å²) in [7, 11) is 0. The van der Waals surface area contributed by atoms with Gasteiger partial charge in [0.05, 0.1) is 0 Å². The van der Waals surface area contributed by atoms with Crippen molar-refractivity contribution in [1.29, 1.82) is 0 Å². The number of benzene rings is 3. The van der Waals surface area contributed by atoms with Crippen molar-refractivity contribution < 1.29 is 4.74 Å². The fraction of sp³-hybridized carbons (Fsp3) is 0.200. The molecule has 1 aromatic heterocycles. The van der Waals surface area contributed by atoms with E-state index in [0.717, 1.165) is 65.5 Å². The molecule has 4 aromatic rings. The van der Waals surface area contributed by atoms with Gasteiger partial charge in [-0.1, -0.05) is 29.8 Å². The topological polar surface area (TPSA) is 77.9 Å². The van der Waals surface area contributed by atoms with Gasteiger partial charge in [-0.05, 0) is 92.8 Å². The summed E-state index contributed by atoms with van der Waals surface area (Å²) in [6, 6.07) is 27.1. The van der Waals surface area contributed by atoms with Gasteiger partial charge in [-0.15, -0.1) is 0 Å². The van der Waals surface area contributed by atoms with Crippen LogP contribution in [0.4, 0.5) is 17.3 Å². The fourth-order valence-corrected chi connectivity index (χ4v) is 4.70. The third-order valence-corrected chi connectivity index (χ3v) is 6.71. The molecule has 0 spiro atoms. The summed E-state index contributed by atoms with van der Waals surface area (Å²) >= 11 is 11.7. The Balaban J connectivity index is 1.29. The number of aryl methyl sites for hydroxylation is 2. The lowest BCUT2D eigenvalue weighted by Gasteiger charge is -2.37. The molecule has 1 aliphatic rings. The Bertz CT molecular complexity index is 1450. The molecule has 204 valence electrons. The van der Waals surface area contributed by atoms with E-state index >= 15 is 0 Å². The van der Waals surface area contributed by atoms with Crippen molar-refractivity contribution in [3.05, 3.63) is 101 Å². The van der Waals surface area contributed by atoms with Crippen LogP contribution in [0.3, 0.4) is 0 Å². The first kappa shape index (κ1) is 27.4. The summed E-state index contributed by atoms with van der Waals surface area (Å²) in [5, 5.41) is 7.58. The molecule has 1 fully saturated rings. The van der Waals surface area contributed by atoms with E-state index in [1.54, 1.807) is 0 Å². The molecule has 0 unspecified atom stereocenters. The van der Waals surface area contributed by atoms with Crippen LogP contribution in [-0.2, 0) is 0 Å². The largest absolute Gasteiger partial charge is 0.457 e. The quantitative estimate of drug-likeness (QED) is 0.159. The van der Waals surface area contributed by atoms with E-state index in [1.165, 1.54) is 0 Å². The lowest BCUT2D eigenvalue weighted by atomic mass is 10.2. The van der Waals surface area contributed by atoms with Gasteiger partial charge in [-0.3, -0.25) is 5.32 Å². The van der Waals surface area contributed by atoms with Crippen LogP contribution in [0.15, 0.2) is 89.9 Å². The molecule has 1 saturated heterocycles. The zero-order valence-corrected chi connectivity index (χ0v) is 23.9. The molecule has 0 saturated carbocycles. The Kier molecular flexibility index (Phi) is 8.73. The number of para-hydroxylation sites is 1. The molecule has 5 rings (SSSR count). The number of rotatable bonds is 5. The molecule has 3 aromatic carbocycles. The van der Waals surface area contributed by atoms with E-state index in [4.69, 9.17) is 33.5 Å². The van der Waals surface area contributed by atoms with Crippen molar-refractivity contribution in [2.24, 2.45) is 4.99 Å². The summed E-state index contributed by atoms with van der Waals surface area (Å²) in [4.78, 5) is 18.3. The van der Waals surface area contributed by atoms with Gasteiger partial charge >= 0.3 is 0 Å². The highest BCUT2D eigenvalue weighted by Gasteiger charge is 2.22. The highest BCUT2D eigenvalue weighted by atomic mass is 35.5. The third-order valence-electron chi connectivity index (χ3n) is 6.27. The molecular formula is C30H30ClN7OS. The number of aliphatic imine (C=N–C) groups is 1. The molecule has 0 radical (unpaired) electrons. The Morgan fingerprint density at radius 1 is 0.825 bits per heavy atom. The van der Waals surface area contributed by atoms with Gasteiger partial charge in [-0.25, -0.2) is 9.97 Å². The van der Waals surface area contributed by atoms with E-state index in [1.807, 2.05) is 98.8 Å². The maximum atomic E-state index is 6.07. The second kappa shape index (κ2) is 12.8. The number of nitrogens with one attached hydrogen (secondary N) is 2. The van der Waals surface area contributed by atoms with Crippen molar-refractivity contribution in [1.82, 2.24) is 14.9 Å². The number of guanidine groups is 1. The molecule has 2 N–H and O–H groups in total. The fourth-order valence-electron chi connectivity index (χ4n) is 4.37. The zero-order valence-electron chi connectivity index (χ0n) is 22.3. The summed E-state index contributed by atoms with van der Waals surface area (Å²) in [5.74, 6) is 2.60. The van der Waals surface area contributed by atoms with Gasteiger partial charge in [0.25, 0.3) is 0 Å². The number of ether oxygens (including phenoxy) is 1. The van der Waals surface area contributed by atoms with Crippen LogP contribution in [0.1, 0.15) is 11.4 Å². The molecule has 8 nitrogen and oxygen atoms in total. The summed E-state index contributed by atoms with van der Waals surface area (Å²) in [5.41, 5.74) is 3.70. The Labute approximate surface area is 244 Å². The number of piperazine rings is 1. The van der Waals surface area contributed by atoms with E-state index in [9.17, 15) is 0 Å². The second-order valence-electron chi connectivity index (χ2n) is 9.35. The Morgan fingerprint density at radius 3 is 2.10 bits per heavy atom. The van der Waals surface area contributed by atoms with Gasteiger partial charge in [0.2, 0.25) is 17.0 Å². The number of hydrogen-bond acceptors (Lipinski definition) is 5. The maximum Gasteiger partial charge on any atom is 0.229 e. The Hall–Kier alpha value is -4.21. The van der Waals surface area contributed by atoms with Crippen molar-refractivity contribution >= 4 is 52.2 Å². The molecule has 0 aliphatic carbocycles. The summed E-state index contributed by atoms with van der Waals surface area (Å²) < 4.78 is 5.89. The van der Waals surface area contributed by atoms with Crippen molar-refractivity contribution in [3.63, 3.8) is 0 Å². The van der Waals surface area contributed by atoms with Crippen LogP contribution >= 0.6 is 23.8 Å². The number of aromatic nitrogens is 2. The first-order valence-electron chi connectivity index (χ1n) is 13.0. The van der Waals surface area contributed by atoms with Gasteiger partial charge in [0.1, 0.15) is 11.5 Å². The first-order valence-corrected chi connectivity index (χ1v) is 13.8. The molecule has 1 aliphatic heterocycles. The second-order valence-corrected chi connectivity index (χ2v) is 10.2. The normalized spacial score (nSPS) is 13.6. The number of thiocarbonyl (C=S) groups is 1. The van der Waals surface area contributed by atoms with E-state index in [0.29, 0.717) is 17.0 Å². The average molecular weight is 572 g/mol. The smallest absolute Gasteiger partial charge is 0.229 e. The minimum Gasteiger partial charge on any atom is -0.457 e. The molecule has 0 atom stereocenters. The highest BCUT2D eigenvalue weighted by molar-refractivity contribution is 7.80. The lowest BCUT2D eigenvalue weighted by molar-refractivity contribution is 0.385. The standard InChI is InChI=1S/C30H30ClN7OS/c1-21-20-22(2)33-28(32-21)35-29(38-18-16-37(17-19-38)25-12-8-23(31)9-13-25)36-30(40)34-24-10-14-27(15-11-24)39-26-6-4-3-5-7-26/h3-15,20H,16-19H2,1-2H3,(H2,32,33,34,35,36,40). The highest BCUT2D eigenvalue weighted by Crippen LogP contribution is 2.23. The minimum atomic E-state index is 0.323. The van der Waals surface area contributed by atoms with Crippen LogP contribution in [0.2, 0.25) is 5.02 Å². The molecule has 0 bridgehead atoms. The molecule has 10 heteroatoms. The monoisotopic (exact) mass is 571 g/mol. The van der Waals surface area contributed by atoms with Crippen molar-refractivity contribution in [2.45, 2.75) is 13.8 Å². The third kappa shape index (κ3) is 7.46. The van der Waals surface area contributed by atoms with Crippen LogP contribution in [0.25, 0.3) is 0 Å². The van der Waals surface area contributed by atoms with Crippen molar-refractivity contribution in [3.8, 4) is 11.5 Å².